The van der Waals surface area contributed by atoms with E-state index in [4.69, 9.17) is 10.2 Å². The Labute approximate surface area is 98.1 Å². The number of nitrogen functional groups attached to an aromatic ring is 1. The van der Waals surface area contributed by atoms with E-state index in [2.05, 4.69) is 9.97 Å². The highest BCUT2D eigenvalue weighted by atomic mass is 16.3. The Morgan fingerprint density at radius 1 is 1.12 bits per heavy atom. The van der Waals surface area contributed by atoms with Crippen LogP contribution in [-0.2, 0) is 0 Å². The first-order valence-corrected chi connectivity index (χ1v) is 5.32. The predicted molar refractivity (Wildman–Crippen MR) is 66.4 cm³/mol. The van der Waals surface area contributed by atoms with Gasteiger partial charge in [0.25, 0.3) is 0 Å². The molecule has 0 spiro atoms. The molecule has 84 valence electrons. The van der Waals surface area contributed by atoms with Gasteiger partial charge in [-0.25, -0.2) is 4.98 Å². The Morgan fingerprint density at radius 2 is 2.00 bits per heavy atom. The number of rotatable bonds is 1. The number of oxazole rings is 1. The van der Waals surface area contributed by atoms with Crippen LogP contribution in [0.3, 0.4) is 0 Å². The van der Waals surface area contributed by atoms with Gasteiger partial charge in [0.2, 0.25) is 11.5 Å². The average molecular weight is 225 g/mol. The van der Waals surface area contributed by atoms with E-state index in [1.165, 1.54) is 0 Å². The molecule has 0 atom stereocenters. The number of anilines is 1. The molecule has 2 N–H and O–H groups in total. The summed E-state index contributed by atoms with van der Waals surface area (Å²) in [6.45, 7) is 2.03. The second kappa shape index (κ2) is 3.59. The Kier molecular flexibility index (Phi) is 2.08. The Morgan fingerprint density at radius 3 is 2.82 bits per heavy atom. The van der Waals surface area contributed by atoms with Crippen molar-refractivity contribution in [3.05, 3.63) is 42.0 Å². The Balaban J connectivity index is 2.18. The van der Waals surface area contributed by atoms with Crippen molar-refractivity contribution in [1.82, 2.24) is 9.97 Å². The maximum atomic E-state index is 5.63. The number of nitrogens with zero attached hydrogens (tertiary/aromatic N) is 2. The maximum Gasteiger partial charge on any atom is 0.228 e. The molecule has 3 rings (SSSR count). The van der Waals surface area contributed by atoms with E-state index in [9.17, 15) is 0 Å². The van der Waals surface area contributed by atoms with Crippen LogP contribution in [0.1, 0.15) is 5.56 Å². The van der Waals surface area contributed by atoms with Crippen molar-refractivity contribution >= 4 is 17.0 Å². The van der Waals surface area contributed by atoms with Gasteiger partial charge in [-0.15, -0.1) is 0 Å². The monoisotopic (exact) mass is 225 g/mol. The minimum atomic E-state index is 0.446. The number of fused-ring (bicyclic) bond motifs is 1. The number of nitrogens with two attached hydrogens (primary N) is 1. The fraction of sp³-hybridized carbons (Fsp3) is 0.0769. The quantitative estimate of drug-likeness (QED) is 0.691. The van der Waals surface area contributed by atoms with Gasteiger partial charge in [-0.05, 0) is 31.2 Å². The standard InChI is InChI=1S/C13H11N3O/c1-8-3-2-4-9(7-8)13-16-12-10(17-13)5-6-11(14)15-12/h2-7H,1H3,(H2,14,15). The molecule has 0 saturated heterocycles. The van der Waals surface area contributed by atoms with Crippen molar-refractivity contribution < 1.29 is 4.42 Å². The molecule has 0 bridgehead atoms. The molecule has 0 aliphatic heterocycles. The minimum absolute atomic E-state index is 0.446. The lowest BCUT2D eigenvalue weighted by molar-refractivity contribution is 0.619. The summed E-state index contributed by atoms with van der Waals surface area (Å²) >= 11 is 0. The second-order valence-corrected chi connectivity index (χ2v) is 3.95. The SMILES string of the molecule is Cc1cccc(-c2nc3nc(N)ccc3o2)c1. The van der Waals surface area contributed by atoms with Crippen LogP contribution in [0.15, 0.2) is 40.8 Å². The number of hydrogen-bond acceptors (Lipinski definition) is 4. The summed E-state index contributed by atoms with van der Waals surface area (Å²) in [6, 6.07) is 11.5. The van der Waals surface area contributed by atoms with Crippen LogP contribution in [0, 0.1) is 6.92 Å². The molecule has 2 heterocycles. The summed E-state index contributed by atoms with van der Waals surface area (Å²) in [7, 11) is 0. The van der Waals surface area contributed by atoms with Gasteiger partial charge in [0.05, 0.1) is 0 Å². The van der Waals surface area contributed by atoms with Crippen LogP contribution in [0.5, 0.6) is 0 Å². The number of pyridine rings is 1. The average Bonchev–Trinajstić information content (AvgIpc) is 2.72. The molecule has 0 radical (unpaired) electrons. The highest BCUT2D eigenvalue weighted by Crippen LogP contribution is 2.24. The first kappa shape index (κ1) is 9.84. The van der Waals surface area contributed by atoms with Crippen molar-refractivity contribution in [3.8, 4) is 11.5 Å². The molecule has 0 aliphatic carbocycles. The third-order valence-corrected chi connectivity index (χ3v) is 2.54. The van der Waals surface area contributed by atoms with Gasteiger partial charge >= 0.3 is 0 Å². The third kappa shape index (κ3) is 1.73. The lowest BCUT2D eigenvalue weighted by atomic mass is 10.1. The molecule has 0 saturated carbocycles. The molecule has 0 fully saturated rings. The third-order valence-electron chi connectivity index (χ3n) is 2.54. The molecule has 2 aromatic heterocycles. The van der Waals surface area contributed by atoms with E-state index in [-0.39, 0.29) is 0 Å². The molecular weight excluding hydrogens is 214 g/mol. The molecular formula is C13H11N3O. The summed E-state index contributed by atoms with van der Waals surface area (Å²) in [5.74, 6) is 1.02. The molecule has 17 heavy (non-hydrogen) atoms. The van der Waals surface area contributed by atoms with Crippen molar-refractivity contribution in [3.63, 3.8) is 0 Å². The van der Waals surface area contributed by atoms with Crippen molar-refractivity contribution in [2.45, 2.75) is 6.92 Å². The van der Waals surface area contributed by atoms with Gasteiger partial charge in [0.15, 0.2) is 5.58 Å². The summed E-state index contributed by atoms with van der Waals surface area (Å²) in [4.78, 5) is 8.44. The molecule has 3 aromatic rings. The van der Waals surface area contributed by atoms with Crippen LogP contribution < -0.4 is 5.73 Å². The number of aromatic nitrogens is 2. The van der Waals surface area contributed by atoms with Crippen LogP contribution >= 0.6 is 0 Å². The summed E-state index contributed by atoms with van der Waals surface area (Å²) in [5.41, 5.74) is 8.91. The maximum absolute atomic E-state index is 5.63. The number of benzene rings is 1. The lowest BCUT2D eigenvalue weighted by Gasteiger charge is -1.95. The molecule has 0 amide bonds. The normalized spacial score (nSPS) is 10.9. The largest absolute Gasteiger partial charge is 0.434 e. The minimum Gasteiger partial charge on any atom is -0.434 e. The van der Waals surface area contributed by atoms with Gasteiger partial charge < -0.3 is 10.2 Å². The van der Waals surface area contributed by atoms with Crippen LogP contribution in [0.25, 0.3) is 22.7 Å². The zero-order chi connectivity index (χ0) is 11.8. The summed E-state index contributed by atoms with van der Waals surface area (Å²) in [6.07, 6.45) is 0. The summed E-state index contributed by atoms with van der Waals surface area (Å²) in [5, 5.41) is 0. The van der Waals surface area contributed by atoms with Crippen molar-refractivity contribution in [2.24, 2.45) is 0 Å². The zero-order valence-corrected chi connectivity index (χ0v) is 9.34. The zero-order valence-electron chi connectivity index (χ0n) is 9.34. The van der Waals surface area contributed by atoms with E-state index in [1.807, 2.05) is 31.2 Å². The first-order valence-electron chi connectivity index (χ1n) is 5.32. The fourth-order valence-electron chi connectivity index (χ4n) is 1.73. The van der Waals surface area contributed by atoms with Gasteiger partial charge in [0, 0.05) is 5.56 Å². The van der Waals surface area contributed by atoms with Crippen molar-refractivity contribution in [2.75, 3.05) is 5.73 Å². The lowest BCUT2D eigenvalue weighted by Crippen LogP contribution is -1.88. The Hall–Kier alpha value is -2.36. The van der Waals surface area contributed by atoms with E-state index in [0.717, 1.165) is 11.1 Å². The van der Waals surface area contributed by atoms with Gasteiger partial charge in [0.1, 0.15) is 5.82 Å². The molecule has 0 aliphatic rings. The highest BCUT2D eigenvalue weighted by molar-refractivity contribution is 5.73. The fourth-order valence-corrected chi connectivity index (χ4v) is 1.73. The van der Waals surface area contributed by atoms with Crippen molar-refractivity contribution in [1.29, 1.82) is 0 Å². The van der Waals surface area contributed by atoms with Crippen LogP contribution in [0.4, 0.5) is 5.82 Å². The predicted octanol–water partition coefficient (Wildman–Crippen LogP) is 2.78. The van der Waals surface area contributed by atoms with E-state index < -0.39 is 0 Å². The highest BCUT2D eigenvalue weighted by Gasteiger charge is 2.09. The topological polar surface area (TPSA) is 64.9 Å². The molecule has 4 heteroatoms. The van der Waals surface area contributed by atoms with Gasteiger partial charge in [-0.2, -0.15) is 4.98 Å². The van der Waals surface area contributed by atoms with E-state index in [1.54, 1.807) is 12.1 Å². The molecule has 1 aromatic carbocycles. The van der Waals surface area contributed by atoms with Gasteiger partial charge in [-0.3, -0.25) is 0 Å². The Bertz CT molecular complexity index is 688. The smallest absolute Gasteiger partial charge is 0.228 e. The number of hydrogen-bond donors (Lipinski definition) is 1. The summed E-state index contributed by atoms with van der Waals surface area (Å²) < 4.78 is 5.63. The molecule has 0 unspecified atom stereocenters. The van der Waals surface area contributed by atoms with Crippen LogP contribution in [0.2, 0.25) is 0 Å². The van der Waals surface area contributed by atoms with Crippen LogP contribution in [-0.4, -0.2) is 9.97 Å². The molecule has 4 nitrogen and oxygen atoms in total. The van der Waals surface area contributed by atoms with E-state index in [0.29, 0.717) is 22.9 Å². The number of aryl methyl sites for hydroxylation is 1. The first-order chi connectivity index (χ1) is 8.22. The van der Waals surface area contributed by atoms with Gasteiger partial charge in [-0.1, -0.05) is 17.7 Å². The second-order valence-electron chi connectivity index (χ2n) is 3.95. The van der Waals surface area contributed by atoms with E-state index >= 15 is 0 Å².